The lowest BCUT2D eigenvalue weighted by Gasteiger charge is -1.42. The molecule has 2 heteroatoms. The second-order valence-corrected chi connectivity index (χ2v) is 0.189. The second kappa shape index (κ2) is 2.60. The van der Waals surface area contributed by atoms with Gasteiger partial charge in [0.2, 0.25) is 0 Å². The predicted molar refractivity (Wildman–Crippen MR) is 11.4 cm³/mol. The van der Waals surface area contributed by atoms with E-state index in [0.29, 0.717) is 0 Å². The molecule has 0 aromatic carbocycles. The van der Waals surface area contributed by atoms with Crippen molar-refractivity contribution in [2.45, 2.75) is 0 Å². The fourth-order valence-corrected chi connectivity index (χ4v) is 0. The maximum Gasteiger partial charge on any atom is 0.115 e. The highest BCUT2D eigenvalue weighted by Gasteiger charge is 1.43. The molecule has 0 rings (SSSR count). The van der Waals surface area contributed by atoms with Crippen LogP contribution in [0.3, 0.4) is 0 Å². The van der Waals surface area contributed by atoms with Crippen LogP contribution in [0.15, 0.2) is 12.6 Å². The zero-order valence-electron chi connectivity index (χ0n) is 3.76. The van der Waals surface area contributed by atoms with E-state index in [4.69, 9.17) is 2.74 Å². The highest BCUT2D eigenvalue weighted by atomic mass is 19.2. The van der Waals surface area contributed by atoms with Gasteiger partial charge in [0.15, 0.2) is 0 Å². The molecule has 0 fully saturated rings. The molecular weight excluding hydrogens is 62.0 g/mol. The van der Waals surface area contributed by atoms with Crippen LogP contribution in [-0.2, 0) is 0 Å². The van der Waals surface area contributed by atoms with E-state index in [1.54, 1.807) is 0 Å². The molecule has 0 saturated carbocycles. The highest BCUT2D eigenvalue weighted by Crippen LogP contribution is 1.67. The molecule has 0 atom stereocenters. The van der Waals surface area contributed by atoms with Gasteiger partial charge in [-0.2, -0.15) is 0 Å². The van der Waals surface area contributed by atoms with Gasteiger partial charge in [0.1, 0.15) is 12.6 Å². The maximum absolute atomic E-state index is 10.8. The fourth-order valence-electron chi connectivity index (χ4n) is 0. The average Bonchev–Trinajstić information content (AvgIpc) is 1.36. The van der Waals surface area contributed by atoms with Crippen LogP contribution >= 0.6 is 0 Å². The molecular formula is C2H2F2. The van der Waals surface area contributed by atoms with Gasteiger partial charge in [0.25, 0.3) is 0 Å². The van der Waals surface area contributed by atoms with E-state index in [0.717, 1.165) is 0 Å². The minimum atomic E-state index is -1.82. The average molecular weight is 66.0 g/mol. The Morgan fingerprint density at radius 1 is 1.50 bits per heavy atom. The van der Waals surface area contributed by atoms with Gasteiger partial charge in [-0.1, -0.05) is 0 Å². The van der Waals surface area contributed by atoms with Crippen molar-refractivity contribution < 1.29 is 11.5 Å². The van der Waals surface area contributed by atoms with E-state index in [1.165, 1.54) is 0 Å². The Labute approximate surface area is 25.6 Å². The molecule has 0 N–H and O–H groups in total. The summed E-state index contributed by atoms with van der Waals surface area (Å²) in [6.45, 7) is 0. The van der Waals surface area contributed by atoms with Gasteiger partial charge in [-0.3, -0.25) is 0 Å². The topological polar surface area (TPSA) is 0 Å². The SMILES string of the molecule is [2H]/C(F)=C(\[2H])F. The first-order valence-corrected chi connectivity index (χ1v) is 0.628. The van der Waals surface area contributed by atoms with Gasteiger partial charge >= 0.3 is 0 Å². The van der Waals surface area contributed by atoms with E-state index >= 15 is 0 Å². The Balaban J connectivity index is 3.68. The largest absolute Gasteiger partial charge is 0.213 e. The second-order valence-electron chi connectivity index (χ2n) is 0.189. The van der Waals surface area contributed by atoms with Gasteiger partial charge in [-0.25, -0.2) is 8.78 Å². The minimum Gasteiger partial charge on any atom is -0.213 e. The summed E-state index contributed by atoms with van der Waals surface area (Å²) in [5, 5.41) is 0. The molecule has 0 nitrogen and oxygen atoms in total. The monoisotopic (exact) mass is 66.0 g/mol. The molecule has 0 aliphatic rings. The number of hydrogen-bond acceptors (Lipinski definition) is 0. The molecule has 0 radical (unpaired) electrons. The number of rotatable bonds is 0. The van der Waals surface area contributed by atoms with Gasteiger partial charge in [0, 0.05) is 0 Å². The zero-order valence-corrected chi connectivity index (χ0v) is 1.76. The van der Waals surface area contributed by atoms with E-state index in [9.17, 15) is 8.78 Å². The summed E-state index contributed by atoms with van der Waals surface area (Å²) >= 11 is 0. The summed E-state index contributed by atoms with van der Waals surface area (Å²) in [6.07, 6.45) is -3.65. The van der Waals surface area contributed by atoms with Gasteiger partial charge in [-0.15, -0.1) is 0 Å². The van der Waals surface area contributed by atoms with Crippen molar-refractivity contribution in [2.24, 2.45) is 0 Å². The first-order valence-electron chi connectivity index (χ1n) is 1.63. The highest BCUT2D eigenvalue weighted by molar-refractivity contribution is 4.51. The van der Waals surface area contributed by atoms with Crippen molar-refractivity contribution in [2.75, 3.05) is 0 Å². The molecule has 0 bridgehead atoms. The van der Waals surface area contributed by atoms with Crippen LogP contribution in [-0.4, -0.2) is 0 Å². The lowest BCUT2D eigenvalue weighted by atomic mass is 11.2. The van der Waals surface area contributed by atoms with Crippen LogP contribution in [0.25, 0.3) is 0 Å². The Morgan fingerprint density at radius 2 is 1.75 bits per heavy atom. The molecule has 0 saturated heterocycles. The fraction of sp³-hybridized carbons (Fsp3) is 0. The van der Waals surface area contributed by atoms with Gasteiger partial charge in [-0.05, 0) is 0 Å². The van der Waals surface area contributed by atoms with E-state index < -0.39 is 12.6 Å². The number of hydrogen-bond donors (Lipinski definition) is 0. The first-order chi connectivity index (χ1) is 2.64. The van der Waals surface area contributed by atoms with Crippen molar-refractivity contribution >= 4 is 0 Å². The molecule has 0 aliphatic carbocycles. The lowest BCUT2D eigenvalue weighted by Crippen LogP contribution is -1.18. The van der Waals surface area contributed by atoms with Crippen molar-refractivity contribution in [3.05, 3.63) is 12.6 Å². The Hall–Kier alpha value is -0.400. The van der Waals surface area contributed by atoms with Crippen molar-refractivity contribution in [3.63, 3.8) is 0 Å². The quantitative estimate of drug-likeness (QED) is 0.401. The zero-order chi connectivity index (χ0) is 5.15. The molecule has 0 heterocycles. The third kappa shape index (κ3) is 1.60. The Bertz CT molecular complexity index is 59.6. The number of halogens is 2. The van der Waals surface area contributed by atoms with Crippen molar-refractivity contribution in [1.29, 1.82) is 0 Å². The standard InChI is InChI=1S/C2H2F2/c3-1-2-4/h1-2H/b2-1-/i1D,2D. The van der Waals surface area contributed by atoms with E-state index in [1.807, 2.05) is 0 Å². The summed E-state index contributed by atoms with van der Waals surface area (Å²) in [5.41, 5.74) is 0. The van der Waals surface area contributed by atoms with Gasteiger partial charge in [0.05, 0.1) is 2.74 Å². The molecule has 0 aliphatic heterocycles. The van der Waals surface area contributed by atoms with Crippen LogP contribution in [0, 0.1) is 0 Å². The molecule has 0 amide bonds. The maximum atomic E-state index is 10.8. The van der Waals surface area contributed by atoms with Crippen molar-refractivity contribution in [1.82, 2.24) is 0 Å². The molecule has 0 spiro atoms. The Kier molecular flexibility index (Phi) is 0.748. The van der Waals surface area contributed by atoms with E-state index in [-0.39, 0.29) is 0 Å². The summed E-state index contributed by atoms with van der Waals surface area (Å²) in [5.74, 6) is 0. The molecule has 0 unspecified atom stereocenters. The van der Waals surface area contributed by atoms with Gasteiger partial charge < -0.3 is 0 Å². The van der Waals surface area contributed by atoms with Crippen LogP contribution in [0.2, 0.25) is 0 Å². The third-order valence-electron chi connectivity index (χ3n) is 0.0357. The predicted octanol–water partition coefficient (Wildman–Crippen LogP) is 1.40. The summed E-state index contributed by atoms with van der Waals surface area (Å²) in [7, 11) is 0. The van der Waals surface area contributed by atoms with Crippen molar-refractivity contribution in [3.8, 4) is 0 Å². The first kappa shape index (κ1) is 1.15. The Morgan fingerprint density at radius 3 is 1.75 bits per heavy atom. The minimum absolute atomic E-state index is 1.82. The lowest BCUT2D eigenvalue weighted by molar-refractivity contribution is 0.645. The molecule has 0 aromatic rings. The summed E-state index contributed by atoms with van der Waals surface area (Å²) in [6, 6.07) is 0. The normalized spacial score (nSPS) is 21.5. The summed E-state index contributed by atoms with van der Waals surface area (Å²) in [4.78, 5) is 0. The third-order valence-corrected chi connectivity index (χ3v) is 0.0357. The van der Waals surface area contributed by atoms with Crippen LogP contribution in [0.5, 0.6) is 0 Å². The van der Waals surface area contributed by atoms with Crippen LogP contribution in [0.1, 0.15) is 2.74 Å². The van der Waals surface area contributed by atoms with Crippen LogP contribution < -0.4 is 0 Å². The molecule has 0 aromatic heterocycles. The summed E-state index contributed by atoms with van der Waals surface area (Å²) < 4.78 is 33.0. The smallest absolute Gasteiger partial charge is 0.115 e. The van der Waals surface area contributed by atoms with Crippen LogP contribution in [0.4, 0.5) is 8.78 Å². The molecule has 4 heavy (non-hydrogen) atoms. The van der Waals surface area contributed by atoms with E-state index in [2.05, 4.69) is 0 Å². The molecule has 24 valence electrons.